The number of carbonyl (C=O) groups excluding carboxylic acids is 1. The third-order valence-corrected chi connectivity index (χ3v) is 5.06. The number of cyclic esters (lactones) is 1. The molecule has 0 saturated heterocycles. The second-order valence-corrected chi connectivity index (χ2v) is 7.63. The maximum Gasteiger partial charge on any atom is 0.363 e. The highest BCUT2D eigenvalue weighted by atomic mass is 35.5. The fourth-order valence-corrected chi connectivity index (χ4v) is 3.35. The van der Waals surface area contributed by atoms with E-state index >= 15 is 0 Å². The van der Waals surface area contributed by atoms with Crippen LogP contribution >= 0.6 is 23.2 Å². The molecule has 3 rings (SSSR count). The molecule has 1 aliphatic heterocycles. The van der Waals surface area contributed by atoms with Gasteiger partial charge in [-0.05, 0) is 54.5 Å². The molecule has 0 unspecified atom stereocenters. The van der Waals surface area contributed by atoms with Crippen molar-refractivity contribution in [2.75, 3.05) is 6.61 Å². The van der Waals surface area contributed by atoms with Crippen LogP contribution in [0, 0.1) is 0 Å². The zero-order valence-corrected chi connectivity index (χ0v) is 17.8. The van der Waals surface area contributed by atoms with Gasteiger partial charge in [0.05, 0.1) is 6.61 Å². The first kappa shape index (κ1) is 21.4. The van der Waals surface area contributed by atoms with Gasteiger partial charge in [-0.15, -0.1) is 0 Å². The lowest BCUT2D eigenvalue weighted by molar-refractivity contribution is -0.129. The number of esters is 1. The zero-order valence-electron chi connectivity index (χ0n) is 16.3. The standard InChI is InChI=1S/C23H23Cl2NO3/c1-2-3-4-5-6-13-28-19-11-8-16(9-12-19)22-26-21(23(27)29-22)14-17-7-10-18(24)15-20(17)25/h7-12,14-15H,2-6,13H2,1H3/b21-14-. The minimum absolute atomic E-state index is 0.191. The van der Waals surface area contributed by atoms with Gasteiger partial charge in [-0.1, -0.05) is 61.9 Å². The monoisotopic (exact) mass is 431 g/mol. The van der Waals surface area contributed by atoms with Crippen molar-refractivity contribution in [1.82, 2.24) is 0 Å². The molecule has 2 aromatic carbocycles. The van der Waals surface area contributed by atoms with Gasteiger partial charge in [-0.3, -0.25) is 0 Å². The van der Waals surface area contributed by atoms with E-state index in [9.17, 15) is 4.79 Å². The first-order valence-corrected chi connectivity index (χ1v) is 10.5. The van der Waals surface area contributed by atoms with E-state index in [4.69, 9.17) is 32.7 Å². The van der Waals surface area contributed by atoms with E-state index in [0.717, 1.165) is 12.2 Å². The van der Waals surface area contributed by atoms with Crippen LogP contribution in [-0.4, -0.2) is 18.5 Å². The molecule has 0 radical (unpaired) electrons. The molecule has 29 heavy (non-hydrogen) atoms. The van der Waals surface area contributed by atoms with Gasteiger partial charge in [0.25, 0.3) is 0 Å². The Hall–Kier alpha value is -2.30. The number of unbranched alkanes of at least 4 members (excludes halogenated alkanes) is 4. The predicted molar refractivity (Wildman–Crippen MR) is 118 cm³/mol. The molecule has 0 fully saturated rings. The highest BCUT2D eigenvalue weighted by Gasteiger charge is 2.24. The number of ether oxygens (including phenoxy) is 2. The molecule has 0 atom stereocenters. The number of nitrogens with zero attached hydrogens (tertiary/aromatic N) is 1. The summed E-state index contributed by atoms with van der Waals surface area (Å²) in [6.45, 7) is 2.91. The Labute approximate surface area is 181 Å². The zero-order chi connectivity index (χ0) is 20.6. The van der Waals surface area contributed by atoms with Crippen molar-refractivity contribution in [2.24, 2.45) is 4.99 Å². The maximum absolute atomic E-state index is 12.2. The van der Waals surface area contributed by atoms with E-state index in [0.29, 0.717) is 27.8 Å². The maximum atomic E-state index is 12.2. The Kier molecular flexibility index (Phi) is 7.73. The highest BCUT2D eigenvalue weighted by molar-refractivity contribution is 6.35. The normalized spacial score (nSPS) is 14.8. The van der Waals surface area contributed by atoms with Crippen LogP contribution in [0.2, 0.25) is 10.0 Å². The molecule has 4 nitrogen and oxygen atoms in total. The second-order valence-electron chi connectivity index (χ2n) is 6.79. The summed E-state index contributed by atoms with van der Waals surface area (Å²) in [5.41, 5.74) is 1.55. The molecule has 0 spiro atoms. The summed E-state index contributed by atoms with van der Waals surface area (Å²) in [5, 5.41) is 0.969. The molecule has 1 heterocycles. The topological polar surface area (TPSA) is 47.9 Å². The Balaban J connectivity index is 1.62. The average Bonchev–Trinajstić information content (AvgIpc) is 3.07. The van der Waals surface area contributed by atoms with E-state index in [1.54, 1.807) is 24.3 Å². The average molecular weight is 432 g/mol. The molecule has 1 aliphatic rings. The van der Waals surface area contributed by atoms with Crippen LogP contribution in [0.25, 0.3) is 6.08 Å². The lowest BCUT2D eigenvalue weighted by atomic mass is 10.2. The molecule has 0 amide bonds. The Morgan fingerprint density at radius 2 is 1.79 bits per heavy atom. The molecular formula is C23H23Cl2NO3. The molecule has 0 aromatic heterocycles. The van der Waals surface area contributed by atoms with E-state index in [1.165, 1.54) is 25.7 Å². The van der Waals surface area contributed by atoms with Gasteiger partial charge in [-0.25, -0.2) is 9.79 Å². The summed E-state index contributed by atoms with van der Waals surface area (Å²) < 4.78 is 11.1. The number of carbonyl (C=O) groups is 1. The number of halogens is 2. The van der Waals surface area contributed by atoms with Crippen molar-refractivity contribution in [3.8, 4) is 5.75 Å². The smallest absolute Gasteiger partial charge is 0.363 e. The van der Waals surface area contributed by atoms with Crippen LogP contribution in [0.3, 0.4) is 0 Å². The predicted octanol–water partition coefficient (Wildman–Crippen LogP) is 6.69. The summed E-state index contributed by atoms with van der Waals surface area (Å²) in [7, 11) is 0. The fraction of sp³-hybridized carbons (Fsp3) is 0.304. The first-order chi connectivity index (χ1) is 14.1. The van der Waals surface area contributed by atoms with Crippen LogP contribution in [0.15, 0.2) is 53.2 Å². The van der Waals surface area contributed by atoms with Crippen molar-refractivity contribution in [2.45, 2.75) is 39.0 Å². The second kappa shape index (κ2) is 10.5. The molecular weight excluding hydrogens is 409 g/mol. The van der Waals surface area contributed by atoms with Gasteiger partial charge in [0.1, 0.15) is 5.75 Å². The van der Waals surface area contributed by atoms with Crippen LogP contribution < -0.4 is 4.74 Å². The Morgan fingerprint density at radius 3 is 2.52 bits per heavy atom. The molecule has 0 aliphatic carbocycles. The van der Waals surface area contributed by atoms with E-state index < -0.39 is 5.97 Å². The molecule has 2 aromatic rings. The highest BCUT2D eigenvalue weighted by Crippen LogP contribution is 2.26. The largest absolute Gasteiger partial charge is 0.494 e. The van der Waals surface area contributed by atoms with E-state index in [2.05, 4.69) is 11.9 Å². The van der Waals surface area contributed by atoms with E-state index in [1.807, 2.05) is 24.3 Å². The van der Waals surface area contributed by atoms with Crippen molar-refractivity contribution in [1.29, 1.82) is 0 Å². The third-order valence-electron chi connectivity index (χ3n) is 4.49. The number of rotatable bonds is 9. The Morgan fingerprint density at radius 1 is 1.03 bits per heavy atom. The van der Waals surface area contributed by atoms with Gasteiger partial charge in [0.2, 0.25) is 5.90 Å². The van der Waals surface area contributed by atoms with Crippen LogP contribution in [0.5, 0.6) is 5.75 Å². The minimum Gasteiger partial charge on any atom is -0.494 e. The van der Waals surface area contributed by atoms with Gasteiger partial charge >= 0.3 is 5.97 Å². The summed E-state index contributed by atoms with van der Waals surface area (Å²) in [4.78, 5) is 16.5. The number of hydrogen-bond donors (Lipinski definition) is 0. The fourth-order valence-electron chi connectivity index (χ4n) is 2.89. The summed E-state index contributed by atoms with van der Waals surface area (Å²) >= 11 is 12.1. The van der Waals surface area contributed by atoms with Crippen molar-refractivity contribution in [3.63, 3.8) is 0 Å². The summed E-state index contributed by atoms with van der Waals surface area (Å²) in [6.07, 6.45) is 7.58. The Bertz CT molecular complexity index is 920. The van der Waals surface area contributed by atoms with E-state index in [-0.39, 0.29) is 11.6 Å². The third kappa shape index (κ3) is 6.09. The van der Waals surface area contributed by atoms with Crippen molar-refractivity contribution in [3.05, 3.63) is 69.3 Å². The van der Waals surface area contributed by atoms with Gasteiger partial charge in [0, 0.05) is 15.6 Å². The molecule has 0 bridgehead atoms. The SMILES string of the molecule is CCCCCCCOc1ccc(C2=N/C(=C\c3ccc(Cl)cc3Cl)C(=O)O2)cc1. The van der Waals surface area contributed by atoms with Gasteiger partial charge in [0.15, 0.2) is 5.70 Å². The summed E-state index contributed by atoms with van der Waals surface area (Å²) in [5.74, 6) is 0.536. The lowest BCUT2D eigenvalue weighted by Gasteiger charge is -2.07. The number of benzene rings is 2. The van der Waals surface area contributed by atoms with Crippen molar-refractivity contribution < 1.29 is 14.3 Å². The van der Waals surface area contributed by atoms with Crippen LogP contribution in [0.4, 0.5) is 0 Å². The first-order valence-electron chi connectivity index (χ1n) is 9.77. The molecule has 0 N–H and O–H groups in total. The van der Waals surface area contributed by atoms with Crippen molar-refractivity contribution >= 4 is 41.1 Å². The summed E-state index contributed by atoms with van der Waals surface area (Å²) in [6, 6.07) is 12.4. The number of aliphatic imine (C=N–C) groups is 1. The quantitative estimate of drug-likeness (QED) is 0.252. The molecule has 152 valence electrons. The number of hydrogen-bond acceptors (Lipinski definition) is 4. The molecule has 6 heteroatoms. The van der Waals surface area contributed by atoms with Gasteiger partial charge < -0.3 is 9.47 Å². The lowest BCUT2D eigenvalue weighted by Crippen LogP contribution is -2.05. The molecule has 0 saturated carbocycles. The van der Waals surface area contributed by atoms with Crippen LogP contribution in [-0.2, 0) is 9.53 Å². The minimum atomic E-state index is -0.515. The van der Waals surface area contributed by atoms with Gasteiger partial charge in [-0.2, -0.15) is 0 Å². The van der Waals surface area contributed by atoms with Crippen LogP contribution in [0.1, 0.15) is 50.2 Å².